The normalized spacial score (nSPS) is 10.8. The third-order valence-electron chi connectivity index (χ3n) is 3.13. The summed E-state index contributed by atoms with van der Waals surface area (Å²) >= 11 is 0. The molecular weight excluding hydrogens is 240 g/mol. The molecule has 0 saturated carbocycles. The molecule has 0 fully saturated rings. The van der Waals surface area contributed by atoms with Crippen LogP contribution in [0.25, 0.3) is 22.2 Å². The fourth-order valence-electron chi connectivity index (χ4n) is 2.16. The number of aryl methyl sites for hydroxylation is 1. The van der Waals surface area contributed by atoms with Crippen molar-refractivity contribution in [3.63, 3.8) is 0 Å². The van der Waals surface area contributed by atoms with Gasteiger partial charge in [-0.25, -0.2) is 9.78 Å². The number of aromatic carboxylic acids is 1. The van der Waals surface area contributed by atoms with E-state index in [-0.39, 0.29) is 5.69 Å². The van der Waals surface area contributed by atoms with Crippen LogP contribution in [-0.4, -0.2) is 21.0 Å². The number of aromatic amines is 1. The van der Waals surface area contributed by atoms with E-state index in [1.54, 1.807) is 12.3 Å². The molecule has 2 aromatic heterocycles. The molecule has 0 atom stereocenters. The number of aromatic nitrogens is 2. The van der Waals surface area contributed by atoms with Crippen molar-refractivity contribution in [1.29, 1.82) is 0 Å². The van der Waals surface area contributed by atoms with E-state index in [9.17, 15) is 4.79 Å². The Morgan fingerprint density at radius 2 is 2.05 bits per heavy atom. The summed E-state index contributed by atoms with van der Waals surface area (Å²) < 4.78 is 0. The van der Waals surface area contributed by atoms with Gasteiger partial charge in [-0.1, -0.05) is 18.2 Å². The largest absolute Gasteiger partial charge is 0.477 e. The summed E-state index contributed by atoms with van der Waals surface area (Å²) in [5.74, 6) is -0.969. The number of hydrogen-bond donors (Lipinski definition) is 2. The summed E-state index contributed by atoms with van der Waals surface area (Å²) in [5, 5.41) is 10.0. The summed E-state index contributed by atoms with van der Waals surface area (Å²) in [6, 6.07) is 11.5. The van der Waals surface area contributed by atoms with Crippen molar-refractivity contribution in [2.24, 2.45) is 0 Å². The van der Waals surface area contributed by atoms with Crippen molar-refractivity contribution in [2.75, 3.05) is 0 Å². The standard InChI is InChI=1S/C15H12N2O2/c1-9-6-13(10-7-14(15(18)19)16-8-10)17-12-5-3-2-4-11(9)12/h2-8,16H,1H3,(H,18,19). The molecule has 0 spiro atoms. The van der Waals surface area contributed by atoms with E-state index >= 15 is 0 Å². The smallest absolute Gasteiger partial charge is 0.352 e. The lowest BCUT2D eigenvalue weighted by Crippen LogP contribution is -1.94. The highest BCUT2D eigenvalue weighted by Gasteiger charge is 2.10. The van der Waals surface area contributed by atoms with Crippen LogP contribution < -0.4 is 0 Å². The highest BCUT2D eigenvalue weighted by atomic mass is 16.4. The highest BCUT2D eigenvalue weighted by Crippen LogP contribution is 2.24. The summed E-state index contributed by atoms with van der Waals surface area (Å²) in [6.07, 6.45) is 1.67. The highest BCUT2D eigenvalue weighted by molar-refractivity contribution is 5.89. The zero-order valence-corrected chi connectivity index (χ0v) is 10.3. The lowest BCUT2D eigenvalue weighted by Gasteiger charge is -2.04. The molecule has 3 rings (SSSR count). The van der Waals surface area contributed by atoms with Crippen molar-refractivity contribution in [3.05, 3.63) is 53.9 Å². The van der Waals surface area contributed by atoms with Gasteiger partial charge in [0.1, 0.15) is 5.69 Å². The number of carboxylic acid groups (broad SMARTS) is 1. The number of carboxylic acids is 1. The van der Waals surface area contributed by atoms with Crippen LogP contribution in [0.4, 0.5) is 0 Å². The molecule has 0 amide bonds. The van der Waals surface area contributed by atoms with Gasteiger partial charge < -0.3 is 10.1 Å². The van der Waals surface area contributed by atoms with Gasteiger partial charge >= 0.3 is 5.97 Å². The first-order valence-corrected chi connectivity index (χ1v) is 5.93. The van der Waals surface area contributed by atoms with Crippen LogP contribution in [-0.2, 0) is 0 Å². The number of H-pyrrole nitrogens is 1. The second kappa shape index (κ2) is 4.24. The Bertz CT molecular complexity index is 775. The molecular formula is C15H12N2O2. The van der Waals surface area contributed by atoms with Crippen LogP contribution >= 0.6 is 0 Å². The number of nitrogens with zero attached hydrogens (tertiary/aromatic N) is 1. The van der Waals surface area contributed by atoms with Gasteiger partial charge in [-0.2, -0.15) is 0 Å². The van der Waals surface area contributed by atoms with Crippen molar-refractivity contribution in [2.45, 2.75) is 6.92 Å². The quantitative estimate of drug-likeness (QED) is 0.735. The molecule has 94 valence electrons. The second-order valence-corrected chi connectivity index (χ2v) is 4.45. The first-order valence-electron chi connectivity index (χ1n) is 5.93. The fraction of sp³-hybridized carbons (Fsp3) is 0.0667. The molecule has 0 aliphatic heterocycles. The molecule has 1 aromatic carbocycles. The van der Waals surface area contributed by atoms with E-state index in [0.717, 1.165) is 27.7 Å². The number of hydrogen-bond acceptors (Lipinski definition) is 2. The Hall–Kier alpha value is -2.62. The van der Waals surface area contributed by atoms with Crippen LogP contribution in [0.1, 0.15) is 16.1 Å². The topological polar surface area (TPSA) is 66.0 Å². The molecule has 4 nitrogen and oxygen atoms in total. The Balaban J connectivity index is 2.16. The minimum absolute atomic E-state index is 0.169. The molecule has 19 heavy (non-hydrogen) atoms. The average molecular weight is 252 g/mol. The molecule has 0 radical (unpaired) electrons. The van der Waals surface area contributed by atoms with Crippen molar-refractivity contribution in [1.82, 2.24) is 9.97 Å². The first-order chi connectivity index (χ1) is 9.15. The lowest BCUT2D eigenvalue weighted by atomic mass is 10.1. The van der Waals surface area contributed by atoms with E-state index in [2.05, 4.69) is 9.97 Å². The average Bonchev–Trinajstić information content (AvgIpc) is 2.88. The molecule has 4 heteroatoms. The van der Waals surface area contributed by atoms with Crippen molar-refractivity contribution >= 4 is 16.9 Å². The van der Waals surface area contributed by atoms with Gasteiger partial charge in [0.25, 0.3) is 0 Å². The zero-order chi connectivity index (χ0) is 13.4. The Morgan fingerprint density at radius 3 is 2.79 bits per heavy atom. The van der Waals surface area contributed by atoms with Crippen LogP contribution in [0.5, 0.6) is 0 Å². The minimum atomic E-state index is -0.969. The number of pyridine rings is 1. The molecule has 0 aliphatic rings. The molecule has 0 aliphatic carbocycles. The van der Waals surface area contributed by atoms with Gasteiger partial charge in [-0.15, -0.1) is 0 Å². The number of carbonyl (C=O) groups is 1. The number of fused-ring (bicyclic) bond motifs is 1. The predicted molar refractivity (Wildman–Crippen MR) is 73.2 cm³/mol. The Kier molecular flexibility index (Phi) is 2.56. The Morgan fingerprint density at radius 1 is 1.26 bits per heavy atom. The van der Waals surface area contributed by atoms with E-state index < -0.39 is 5.97 Å². The van der Waals surface area contributed by atoms with E-state index in [0.29, 0.717) is 0 Å². The maximum atomic E-state index is 10.9. The Labute approximate surface area is 109 Å². The molecule has 0 saturated heterocycles. The minimum Gasteiger partial charge on any atom is -0.477 e. The van der Waals surface area contributed by atoms with Crippen molar-refractivity contribution in [3.8, 4) is 11.3 Å². The first kappa shape index (κ1) is 11.5. The van der Waals surface area contributed by atoms with Gasteiger partial charge in [0.2, 0.25) is 0 Å². The fourth-order valence-corrected chi connectivity index (χ4v) is 2.16. The molecule has 0 bridgehead atoms. The van der Waals surface area contributed by atoms with Gasteiger partial charge in [0.15, 0.2) is 0 Å². The summed E-state index contributed by atoms with van der Waals surface area (Å²) in [4.78, 5) is 18.2. The number of nitrogens with one attached hydrogen (secondary N) is 1. The maximum absolute atomic E-state index is 10.9. The number of rotatable bonds is 2. The van der Waals surface area contributed by atoms with Gasteiger partial charge in [0, 0.05) is 17.1 Å². The summed E-state index contributed by atoms with van der Waals surface area (Å²) in [7, 11) is 0. The summed E-state index contributed by atoms with van der Waals surface area (Å²) in [6.45, 7) is 2.03. The van der Waals surface area contributed by atoms with E-state index in [4.69, 9.17) is 5.11 Å². The van der Waals surface area contributed by atoms with Gasteiger partial charge in [-0.05, 0) is 30.7 Å². The van der Waals surface area contributed by atoms with Crippen molar-refractivity contribution < 1.29 is 9.90 Å². The molecule has 2 heterocycles. The van der Waals surface area contributed by atoms with Gasteiger partial charge in [-0.3, -0.25) is 0 Å². The van der Waals surface area contributed by atoms with Gasteiger partial charge in [0.05, 0.1) is 11.2 Å². The molecule has 3 aromatic rings. The van der Waals surface area contributed by atoms with Crippen LogP contribution in [0.15, 0.2) is 42.6 Å². The molecule has 0 unspecified atom stereocenters. The maximum Gasteiger partial charge on any atom is 0.352 e. The lowest BCUT2D eigenvalue weighted by molar-refractivity contribution is 0.0691. The SMILES string of the molecule is Cc1cc(-c2c[nH]c(C(=O)O)c2)nc2ccccc12. The summed E-state index contributed by atoms with van der Waals surface area (Å²) in [5.41, 5.74) is 3.77. The predicted octanol–water partition coefficient (Wildman–Crippen LogP) is 3.24. The number of benzene rings is 1. The van der Waals surface area contributed by atoms with Crippen LogP contribution in [0, 0.1) is 6.92 Å². The molecule has 2 N–H and O–H groups in total. The monoisotopic (exact) mass is 252 g/mol. The third-order valence-corrected chi connectivity index (χ3v) is 3.13. The zero-order valence-electron chi connectivity index (χ0n) is 10.3. The van der Waals surface area contributed by atoms with E-state index in [1.807, 2.05) is 37.3 Å². The third kappa shape index (κ3) is 1.97. The number of para-hydroxylation sites is 1. The van der Waals surface area contributed by atoms with E-state index in [1.165, 1.54) is 0 Å². The second-order valence-electron chi connectivity index (χ2n) is 4.45. The van der Waals surface area contributed by atoms with Crippen LogP contribution in [0.3, 0.4) is 0 Å². The van der Waals surface area contributed by atoms with Crippen LogP contribution in [0.2, 0.25) is 0 Å².